The van der Waals surface area contributed by atoms with Crippen molar-refractivity contribution in [2.75, 3.05) is 0 Å². The first-order valence-corrected chi connectivity index (χ1v) is 8.07. The maximum atomic E-state index is 13.5. The highest BCUT2D eigenvalue weighted by molar-refractivity contribution is 6.00. The zero-order chi connectivity index (χ0) is 17.6. The van der Waals surface area contributed by atoms with Crippen LogP contribution in [0.2, 0.25) is 0 Å². The molecule has 7 heteroatoms. The summed E-state index contributed by atoms with van der Waals surface area (Å²) in [6.07, 6.45) is 0.448. The SMILES string of the molecule is Cc1ccc(-c2cc(C(F)F)n3ncc(C(=O)NC4CC4)c3n2)cc1. The van der Waals surface area contributed by atoms with Crippen LogP contribution >= 0.6 is 0 Å². The lowest BCUT2D eigenvalue weighted by atomic mass is 10.1. The van der Waals surface area contributed by atoms with Gasteiger partial charge in [-0.05, 0) is 25.8 Å². The highest BCUT2D eigenvalue weighted by atomic mass is 19.3. The number of alkyl halides is 2. The molecule has 0 aliphatic heterocycles. The standard InChI is InChI=1S/C18H16F2N4O/c1-10-2-4-11(5-3-10)14-8-15(16(19)20)24-17(23-14)13(9-21-24)18(25)22-12-6-7-12/h2-5,8-9,12,16H,6-7H2,1H3,(H,22,25). The van der Waals surface area contributed by atoms with Crippen molar-refractivity contribution in [3.63, 3.8) is 0 Å². The molecule has 128 valence electrons. The van der Waals surface area contributed by atoms with Gasteiger partial charge in [-0.25, -0.2) is 18.3 Å². The quantitative estimate of drug-likeness (QED) is 0.789. The Kier molecular flexibility index (Phi) is 3.71. The van der Waals surface area contributed by atoms with Gasteiger partial charge < -0.3 is 5.32 Å². The summed E-state index contributed by atoms with van der Waals surface area (Å²) >= 11 is 0. The van der Waals surface area contributed by atoms with Crippen LogP contribution in [-0.2, 0) is 0 Å². The second kappa shape index (κ2) is 5.91. The number of rotatable bonds is 4. The van der Waals surface area contributed by atoms with Crippen LogP contribution in [0.25, 0.3) is 16.9 Å². The molecule has 1 aliphatic carbocycles. The monoisotopic (exact) mass is 342 g/mol. The number of hydrogen-bond acceptors (Lipinski definition) is 3. The van der Waals surface area contributed by atoms with E-state index in [9.17, 15) is 13.6 Å². The van der Waals surface area contributed by atoms with Gasteiger partial charge in [0, 0.05) is 11.6 Å². The van der Waals surface area contributed by atoms with Crippen molar-refractivity contribution < 1.29 is 13.6 Å². The Morgan fingerprint density at radius 2 is 2.00 bits per heavy atom. The minimum Gasteiger partial charge on any atom is -0.349 e. The first kappa shape index (κ1) is 15.7. The molecule has 5 nitrogen and oxygen atoms in total. The molecule has 1 amide bonds. The lowest BCUT2D eigenvalue weighted by molar-refractivity contribution is 0.0952. The van der Waals surface area contributed by atoms with E-state index in [1.165, 1.54) is 12.3 Å². The summed E-state index contributed by atoms with van der Waals surface area (Å²) in [6, 6.07) is 8.91. The van der Waals surface area contributed by atoms with E-state index in [1.807, 2.05) is 31.2 Å². The predicted octanol–water partition coefficient (Wildman–Crippen LogP) is 3.53. The number of aromatic nitrogens is 3. The van der Waals surface area contributed by atoms with Gasteiger partial charge in [-0.3, -0.25) is 4.79 Å². The Hall–Kier alpha value is -2.83. The Bertz CT molecular complexity index is 946. The third kappa shape index (κ3) is 2.97. The van der Waals surface area contributed by atoms with Gasteiger partial charge in [0.1, 0.15) is 11.3 Å². The van der Waals surface area contributed by atoms with E-state index in [4.69, 9.17) is 0 Å². The molecule has 1 saturated carbocycles. The number of amides is 1. The second-order valence-corrected chi connectivity index (χ2v) is 6.27. The fourth-order valence-corrected chi connectivity index (χ4v) is 2.66. The first-order valence-electron chi connectivity index (χ1n) is 8.07. The van der Waals surface area contributed by atoms with Crippen molar-refractivity contribution in [2.24, 2.45) is 0 Å². The molecule has 1 aliphatic rings. The Balaban J connectivity index is 1.86. The van der Waals surface area contributed by atoms with Crippen LogP contribution in [0.4, 0.5) is 8.78 Å². The molecule has 1 fully saturated rings. The van der Waals surface area contributed by atoms with E-state index >= 15 is 0 Å². The van der Waals surface area contributed by atoms with Gasteiger partial charge in [-0.15, -0.1) is 0 Å². The van der Waals surface area contributed by atoms with Crippen LogP contribution in [-0.4, -0.2) is 26.5 Å². The zero-order valence-corrected chi connectivity index (χ0v) is 13.5. The summed E-state index contributed by atoms with van der Waals surface area (Å²) in [6.45, 7) is 1.95. The average molecular weight is 342 g/mol. The Morgan fingerprint density at radius 1 is 1.28 bits per heavy atom. The van der Waals surface area contributed by atoms with E-state index in [0.29, 0.717) is 11.3 Å². The minimum absolute atomic E-state index is 0.145. The van der Waals surface area contributed by atoms with Gasteiger partial charge >= 0.3 is 0 Å². The van der Waals surface area contributed by atoms with Crippen molar-refractivity contribution in [3.05, 3.63) is 53.3 Å². The van der Waals surface area contributed by atoms with E-state index in [1.54, 1.807) is 0 Å². The third-order valence-electron chi connectivity index (χ3n) is 4.23. The minimum atomic E-state index is -2.73. The van der Waals surface area contributed by atoms with E-state index in [-0.39, 0.29) is 28.9 Å². The number of nitrogens with one attached hydrogen (secondary N) is 1. The number of carbonyl (C=O) groups excluding carboxylic acids is 1. The zero-order valence-electron chi connectivity index (χ0n) is 13.5. The molecule has 0 bridgehead atoms. The van der Waals surface area contributed by atoms with Gasteiger partial charge in [0.25, 0.3) is 12.3 Å². The van der Waals surface area contributed by atoms with E-state index in [0.717, 1.165) is 22.9 Å². The molecule has 1 N–H and O–H groups in total. The average Bonchev–Trinajstić information content (AvgIpc) is 3.30. The fourth-order valence-electron chi connectivity index (χ4n) is 2.66. The fraction of sp³-hybridized carbons (Fsp3) is 0.278. The molecule has 4 rings (SSSR count). The van der Waals surface area contributed by atoms with Gasteiger partial charge in [0.2, 0.25) is 0 Å². The lowest BCUT2D eigenvalue weighted by Gasteiger charge is -2.09. The Labute approximate surface area is 142 Å². The highest BCUT2D eigenvalue weighted by Gasteiger charge is 2.27. The van der Waals surface area contributed by atoms with Crippen LogP contribution in [0.3, 0.4) is 0 Å². The van der Waals surface area contributed by atoms with Gasteiger partial charge in [0.15, 0.2) is 5.65 Å². The number of hydrogen-bond donors (Lipinski definition) is 1. The summed E-state index contributed by atoms with van der Waals surface area (Å²) in [5, 5.41) is 6.79. The topological polar surface area (TPSA) is 59.3 Å². The molecule has 0 saturated heterocycles. The van der Waals surface area contributed by atoms with Crippen LogP contribution in [0.15, 0.2) is 36.5 Å². The van der Waals surface area contributed by atoms with Crippen molar-refractivity contribution in [1.82, 2.24) is 19.9 Å². The normalized spacial score (nSPS) is 14.2. The molecule has 25 heavy (non-hydrogen) atoms. The van der Waals surface area contributed by atoms with E-state index < -0.39 is 6.43 Å². The van der Waals surface area contributed by atoms with Gasteiger partial charge in [-0.1, -0.05) is 29.8 Å². The number of aryl methyl sites for hydroxylation is 1. The van der Waals surface area contributed by atoms with Crippen LogP contribution in [0.5, 0.6) is 0 Å². The molecule has 0 atom stereocenters. The maximum absolute atomic E-state index is 13.5. The summed E-state index contributed by atoms with van der Waals surface area (Å²) in [5.74, 6) is -0.328. The molecular formula is C18H16F2N4O. The summed E-state index contributed by atoms with van der Waals surface area (Å²) in [5.41, 5.74) is 2.24. The number of carbonyl (C=O) groups is 1. The highest BCUT2D eigenvalue weighted by Crippen LogP contribution is 2.27. The first-order chi connectivity index (χ1) is 12.0. The molecule has 1 aromatic carbocycles. The molecule has 0 radical (unpaired) electrons. The molecule has 2 aromatic heterocycles. The second-order valence-electron chi connectivity index (χ2n) is 6.27. The largest absolute Gasteiger partial charge is 0.349 e. The van der Waals surface area contributed by atoms with Crippen molar-refractivity contribution >= 4 is 11.6 Å². The third-order valence-corrected chi connectivity index (χ3v) is 4.23. The number of nitrogens with zero attached hydrogens (tertiary/aromatic N) is 3. The van der Waals surface area contributed by atoms with Crippen LogP contribution in [0.1, 0.15) is 40.9 Å². The number of benzene rings is 1. The summed E-state index contributed by atoms with van der Waals surface area (Å²) < 4.78 is 28.0. The van der Waals surface area contributed by atoms with Crippen LogP contribution < -0.4 is 5.32 Å². The molecule has 2 heterocycles. The van der Waals surface area contributed by atoms with Gasteiger partial charge in [-0.2, -0.15) is 5.10 Å². The molecule has 0 unspecified atom stereocenters. The van der Waals surface area contributed by atoms with Crippen molar-refractivity contribution in [1.29, 1.82) is 0 Å². The van der Waals surface area contributed by atoms with E-state index in [2.05, 4.69) is 15.4 Å². The Morgan fingerprint density at radius 3 is 2.64 bits per heavy atom. The van der Waals surface area contributed by atoms with Crippen molar-refractivity contribution in [2.45, 2.75) is 32.2 Å². The molecule has 0 spiro atoms. The number of fused-ring (bicyclic) bond motifs is 1. The summed E-state index contributed by atoms with van der Waals surface area (Å²) in [7, 11) is 0. The lowest BCUT2D eigenvalue weighted by Crippen LogP contribution is -2.25. The molecule has 3 aromatic rings. The van der Waals surface area contributed by atoms with Gasteiger partial charge in [0.05, 0.1) is 11.9 Å². The number of halogens is 2. The summed E-state index contributed by atoms with van der Waals surface area (Å²) in [4.78, 5) is 16.8. The van der Waals surface area contributed by atoms with Crippen LogP contribution in [0, 0.1) is 6.92 Å². The predicted molar refractivity (Wildman–Crippen MR) is 88.6 cm³/mol. The molecular weight excluding hydrogens is 326 g/mol. The smallest absolute Gasteiger partial charge is 0.280 e. The maximum Gasteiger partial charge on any atom is 0.280 e. The van der Waals surface area contributed by atoms with Crippen molar-refractivity contribution in [3.8, 4) is 11.3 Å².